The Bertz CT molecular complexity index is 1610. The molecule has 6 rings (SSSR count). The average Bonchev–Trinajstić information content (AvgIpc) is 3.03. The summed E-state index contributed by atoms with van der Waals surface area (Å²) >= 11 is 12.2. The highest BCUT2D eigenvalue weighted by Gasteiger charge is 2.41. The molecule has 4 aromatic carbocycles. The first-order chi connectivity index (χ1) is 21.6. The summed E-state index contributed by atoms with van der Waals surface area (Å²) in [5, 5.41) is 20.1. The molecular formula is C33H26Cl2N2O8. The molecule has 0 radical (unpaired) electrons. The van der Waals surface area contributed by atoms with Gasteiger partial charge in [0.15, 0.2) is 0 Å². The monoisotopic (exact) mass is 648 g/mol. The first kappa shape index (κ1) is 31.4. The van der Waals surface area contributed by atoms with Gasteiger partial charge in [0.05, 0.1) is 17.8 Å². The fraction of sp³-hybridized carbons (Fsp3) is 0.152. The normalized spacial score (nSPS) is 14.0. The molecule has 4 aromatic rings. The van der Waals surface area contributed by atoms with Crippen LogP contribution in [0, 0.1) is 0 Å². The zero-order valence-corrected chi connectivity index (χ0v) is 25.0. The number of fused-ring (bicyclic) bond motifs is 6. The second-order valence-corrected chi connectivity index (χ2v) is 11.0. The lowest BCUT2D eigenvalue weighted by Crippen LogP contribution is -2.46. The topological polar surface area (TPSA) is 134 Å². The molecule has 12 heteroatoms. The lowest BCUT2D eigenvalue weighted by atomic mass is 10.0. The Kier molecular flexibility index (Phi) is 9.56. The van der Waals surface area contributed by atoms with Crippen LogP contribution in [-0.4, -0.2) is 53.0 Å². The summed E-state index contributed by atoms with van der Waals surface area (Å²) in [4.78, 5) is 51.6. The van der Waals surface area contributed by atoms with Gasteiger partial charge in [0, 0.05) is 34.5 Å². The fourth-order valence-electron chi connectivity index (χ4n) is 5.02. The SMILES string of the molecule is Clc1ccc2c(c1)CN1CN2Cc2cc(Cl)ccc21.O=C(O[C@@H](C(=O)O)[C@@H](OC(=O)c1ccccc1)C(=O)O)c1ccccc1. The molecule has 0 saturated heterocycles. The van der Waals surface area contributed by atoms with Crippen molar-refractivity contribution in [2.24, 2.45) is 0 Å². The van der Waals surface area contributed by atoms with Crippen LogP contribution in [-0.2, 0) is 32.2 Å². The number of hydrogen-bond acceptors (Lipinski definition) is 8. The molecular weight excluding hydrogens is 623 g/mol. The molecule has 2 aliphatic rings. The summed E-state index contributed by atoms with van der Waals surface area (Å²) in [6.45, 7) is 2.74. The number of anilines is 2. The summed E-state index contributed by atoms with van der Waals surface area (Å²) in [5.41, 5.74) is 5.20. The third kappa shape index (κ3) is 7.36. The third-order valence-corrected chi connectivity index (χ3v) is 7.55. The summed E-state index contributed by atoms with van der Waals surface area (Å²) in [5.74, 6) is -5.63. The van der Waals surface area contributed by atoms with Crippen molar-refractivity contribution in [1.82, 2.24) is 0 Å². The summed E-state index contributed by atoms with van der Waals surface area (Å²) in [7, 11) is 0. The molecule has 2 N–H and O–H groups in total. The van der Waals surface area contributed by atoms with Crippen LogP contribution in [0.5, 0.6) is 0 Å². The number of benzene rings is 4. The maximum Gasteiger partial charge on any atom is 0.349 e. The van der Waals surface area contributed by atoms with Gasteiger partial charge in [-0.3, -0.25) is 0 Å². The Balaban J connectivity index is 0.000000185. The second kappa shape index (κ2) is 13.7. The number of carbonyl (C=O) groups is 4. The van der Waals surface area contributed by atoms with Gasteiger partial charge in [-0.25, -0.2) is 19.2 Å². The number of esters is 2. The van der Waals surface area contributed by atoms with Gasteiger partial charge in [-0.05, 0) is 71.8 Å². The van der Waals surface area contributed by atoms with Gasteiger partial charge in [0.2, 0.25) is 12.2 Å². The van der Waals surface area contributed by atoms with Crippen LogP contribution >= 0.6 is 23.2 Å². The highest BCUT2D eigenvalue weighted by atomic mass is 35.5. The first-order valence-corrected chi connectivity index (χ1v) is 14.4. The number of carbonyl (C=O) groups excluding carboxylic acids is 2. The molecule has 0 saturated carbocycles. The molecule has 2 heterocycles. The van der Waals surface area contributed by atoms with Crippen molar-refractivity contribution in [2.45, 2.75) is 25.3 Å². The molecule has 0 amide bonds. The Hall–Kier alpha value is -5.06. The van der Waals surface area contributed by atoms with Gasteiger partial charge in [-0.2, -0.15) is 0 Å². The van der Waals surface area contributed by atoms with Crippen LogP contribution in [0.4, 0.5) is 11.4 Å². The number of hydrogen-bond donors (Lipinski definition) is 2. The van der Waals surface area contributed by atoms with Crippen LogP contribution in [0.1, 0.15) is 31.8 Å². The van der Waals surface area contributed by atoms with Gasteiger partial charge in [0.25, 0.3) is 0 Å². The Morgan fingerprint density at radius 2 is 0.978 bits per heavy atom. The van der Waals surface area contributed by atoms with E-state index >= 15 is 0 Å². The van der Waals surface area contributed by atoms with Crippen molar-refractivity contribution in [3.8, 4) is 0 Å². The number of carboxylic acid groups (broad SMARTS) is 2. The van der Waals surface area contributed by atoms with E-state index in [0.29, 0.717) is 0 Å². The van der Waals surface area contributed by atoms with Crippen LogP contribution in [0.2, 0.25) is 10.0 Å². The predicted molar refractivity (Wildman–Crippen MR) is 167 cm³/mol. The predicted octanol–water partition coefficient (Wildman–Crippen LogP) is 5.90. The van der Waals surface area contributed by atoms with Crippen molar-refractivity contribution in [2.75, 3.05) is 16.5 Å². The quantitative estimate of drug-likeness (QED) is 0.233. The lowest BCUT2D eigenvalue weighted by Gasteiger charge is -2.44. The maximum atomic E-state index is 12.0. The van der Waals surface area contributed by atoms with Crippen LogP contribution < -0.4 is 9.80 Å². The fourth-order valence-corrected chi connectivity index (χ4v) is 5.41. The summed E-state index contributed by atoms with van der Waals surface area (Å²) < 4.78 is 9.52. The molecule has 10 nitrogen and oxygen atoms in total. The Labute approximate surface area is 267 Å². The summed E-state index contributed by atoms with van der Waals surface area (Å²) in [6, 6.07) is 27.1. The van der Waals surface area contributed by atoms with Crippen molar-refractivity contribution < 1.29 is 38.9 Å². The number of carboxylic acids is 2. The van der Waals surface area contributed by atoms with Gasteiger partial charge >= 0.3 is 23.9 Å². The molecule has 2 atom stereocenters. The molecule has 2 aliphatic heterocycles. The zero-order chi connectivity index (χ0) is 32.1. The number of halogens is 2. The Morgan fingerprint density at radius 3 is 1.33 bits per heavy atom. The molecule has 0 unspecified atom stereocenters. The maximum absolute atomic E-state index is 12.0. The van der Waals surface area contributed by atoms with Gasteiger partial charge < -0.3 is 29.5 Å². The van der Waals surface area contributed by atoms with Gasteiger partial charge in [0.1, 0.15) is 0 Å². The molecule has 2 bridgehead atoms. The first-order valence-electron chi connectivity index (χ1n) is 13.6. The van der Waals surface area contributed by atoms with E-state index < -0.39 is 36.1 Å². The van der Waals surface area contributed by atoms with Crippen molar-refractivity contribution >= 4 is 58.5 Å². The van der Waals surface area contributed by atoms with Gasteiger partial charge in [-0.15, -0.1) is 0 Å². The minimum atomic E-state index is -2.21. The van der Waals surface area contributed by atoms with E-state index in [9.17, 15) is 29.4 Å². The van der Waals surface area contributed by atoms with E-state index in [2.05, 4.69) is 34.1 Å². The largest absolute Gasteiger partial charge is 0.478 e. The highest BCUT2D eigenvalue weighted by Crippen LogP contribution is 2.39. The standard InChI is InChI=1S/C18H14O8.C15H12Cl2N2/c19-15(20)13(25-17(23)11-7-3-1-4-8-11)14(16(21)22)26-18(24)12-9-5-2-6-10-12;16-12-1-3-14-10(5-12)7-19-9-18(14)8-11-6-13(17)2-4-15(11)19/h1-10,13-14H,(H,19,20)(H,21,22);1-6H,7-9H2/t13-,14-;/m1./s1. The number of nitrogens with zero attached hydrogens (tertiary/aromatic N) is 2. The van der Waals surface area contributed by atoms with Crippen molar-refractivity contribution in [1.29, 1.82) is 0 Å². The van der Waals surface area contributed by atoms with Crippen LogP contribution in [0.25, 0.3) is 0 Å². The molecule has 45 heavy (non-hydrogen) atoms. The van der Waals surface area contributed by atoms with Crippen LogP contribution in [0.15, 0.2) is 97.1 Å². The van der Waals surface area contributed by atoms with E-state index in [4.69, 9.17) is 32.7 Å². The van der Waals surface area contributed by atoms with E-state index in [-0.39, 0.29) is 11.1 Å². The zero-order valence-electron chi connectivity index (χ0n) is 23.5. The van der Waals surface area contributed by atoms with E-state index in [1.54, 1.807) is 12.1 Å². The van der Waals surface area contributed by atoms with Gasteiger partial charge in [-0.1, -0.05) is 59.6 Å². The van der Waals surface area contributed by atoms with Crippen LogP contribution in [0.3, 0.4) is 0 Å². The average molecular weight is 649 g/mol. The number of rotatable bonds is 7. The van der Waals surface area contributed by atoms with Crippen molar-refractivity contribution in [3.63, 3.8) is 0 Å². The smallest absolute Gasteiger partial charge is 0.349 e. The van der Waals surface area contributed by atoms with E-state index in [1.165, 1.54) is 71.0 Å². The molecule has 0 fully saturated rings. The Morgan fingerprint density at radius 1 is 0.600 bits per heavy atom. The molecule has 0 spiro atoms. The highest BCUT2D eigenvalue weighted by molar-refractivity contribution is 6.31. The summed E-state index contributed by atoms with van der Waals surface area (Å²) in [6.07, 6.45) is -4.43. The van der Waals surface area contributed by atoms with E-state index in [1.807, 2.05) is 12.1 Å². The molecule has 0 aromatic heterocycles. The molecule has 230 valence electrons. The third-order valence-electron chi connectivity index (χ3n) is 7.08. The minimum Gasteiger partial charge on any atom is -0.478 e. The number of aliphatic carboxylic acids is 2. The molecule has 0 aliphatic carbocycles. The van der Waals surface area contributed by atoms with Crippen molar-refractivity contribution in [3.05, 3.63) is 129 Å². The second-order valence-electron chi connectivity index (χ2n) is 10.1. The lowest BCUT2D eigenvalue weighted by molar-refractivity contribution is -0.166. The number of ether oxygens (including phenoxy) is 2. The minimum absolute atomic E-state index is 0.0253. The van der Waals surface area contributed by atoms with E-state index in [0.717, 1.165) is 29.8 Å².